The molecule has 0 saturated carbocycles. The second kappa shape index (κ2) is 10.7. The minimum atomic E-state index is -5.08. The summed E-state index contributed by atoms with van der Waals surface area (Å²) in [6.07, 6.45) is -4.90. The summed E-state index contributed by atoms with van der Waals surface area (Å²) in [7, 11) is 1.51. The summed E-state index contributed by atoms with van der Waals surface area (Å²) in [4.78, 5) is 22.6. The fraction of sp³-hybridized carbons (Fsp3) is 0.579. The number of likely N-dealkylation sites (tertiary alicyclic amines) is 1. The Labute approximate surface area is 170 Å². The van der Waals surface area contributed by atoms with Crippen LogP contribution in [0.15, 0.2) is 24.3 Å². The zero-order chi connectivity index (χ0) is 22.3. The second-order valence-corrected chi connectivity index (χ2v) is 7.12. The standard InChI is InChI=1S/C17H23FN2O3.C2HF3O2/c1-22-11-17(21)19-6-13-10-23-16-9-20(8-14(13)16)7-12-4-2-3-5-15(12)18;3-2(4,5)1(6)7/h2-5,13-14,16H,6-11H2,1H3,(H,19,21);(H,6,7)/t13-,14+,16+;/m0./s1. The summed E-state index contributed by atoms with van der Waals surface area (Å²) < 4.78 is 56.2. The third kappa shape index (κ3) is 6.92. The van der Waals surface area contributed by atoms with Crippen LogP contribution in [0.3, 0.4) is 0 Å². The summed E-state index contributed by atoms with van der Waals surface area (Å²) in [6.45, 7) is 3.67. The molecule has 0 aliphatic carbocycles. The second-order valence-electron chi connectivity index (χ2n) is 7.12. The lowest BCUT2D eigenvalue weighted by Crippen LogP contribution is -2.35. The van der Waals surface area contributed by atoms with E-state index in [0.717, 1.165) is 18.7 Å². The predicted octanol–water partition coefficient (Wildman–Crippen LogP) is 1.67. The third-order valence-corrected chi connectivity index (χ3v) is 4.95. The van der Waals surface area contributed by atoms with E-state index >= 15 is 0 Å². The molecular weight excluding hydrogens is 412 g/mol. The van der Waals surface area contributed by atoms with Gasteiger partial charge in [0.2, 0.25) is 5.91 Å². The van der Waals surface area contributed by atoms with Crippen molar-refractivity contribution < 1.29 is 41.7 Å². The number of carbonyl (C=O) groups excluding carboxylic acids is 1. The fourth-order valence-corrected chi connectivity index (χ4v) is 3.51. The average molecular weight is 436 g/mol. The van der Waals surface area contributed by atoms with Gasteiger partial charge in [0.05, 0.1) is 12.7 Å². The van der Waals surface area contributed by atoms with E-state index in [4.69, 9.17) is 19.4 Å². The van der Waals surface area contributed by atoms with Crippen LogP contribution in [0.5, 0.6) is 0 Å². The van der Waals surface area contributed by atoms with Crippen molar-refractivity contribution in [2.45, 2.75) is 18.8 Å². The first-order valence-corrected chi connectivity index (χ1v) is 9.25. The summed E-state index contributed by atoms with van der Waals surface area (Å²) in [6, 6.07) is 6.89. The fourth-order valence-electron chi connectivity index (χ4n) is 3.51. The Morgan fingerprint density at radius 3 is 2.57 bits per heavy atom. The number of benzene rings is 1. The average Bonchev–Trinajstić information content (AvgIpc) is 3.22. The SMILES string of the molecule is COCC(=O)NC[C@H]1CO[C@@H]2CN(Cc3ccccc3F)C[C@H]12.O=C(O)C(F)(F)F. The number of alkyl halides is 3. The zero-order valence-electron chi connectivity index (χ0n) is 16.3. The van der Waals surface area contributed by atoms with Crippen LogP contribution in [0.2, 0.25) is 0 Å². The number of nitrogens with one attached hydrogen (secondary N) is 1. The number of hydrogen-bond donors (Lipinski definition) is 2. The lowest BCUT2D eigenvalue weighted by molar-refractivity contribution is -0.192. The van der Waals surface area contributed by atoms with E-state index in [1.54, 1.807) is 6.07 Å². The number of aliphatic carboxylic acids is 1. The largest absolute Gasteiger partial charge is 0.490 e. The maximum atomic E-state index is 13.8. The number of carboxylic acid groups (broad SMARTS) is 1. The van der Waals surface area contributed by atoms with Gasteiger partial charge in [0.15, 0.2) is 0 Å². The molecule has 2 fully saturated rings. The zero-order valence-corrected chi connectivity index (χ0v) is 16.3. The molecule has 0 spiro atoms. The lowest BCUT2D eigenvalue weighted by atomic mass is 9.93. The Hall–Kier alpha value is -2.24. The molecule has 3 rings (SSSR count). The van der Waals surface area contributed by atoms with E-state index in [-0.39, 0.29) is 24.4 Å². The van der Waals surface area contributed by atoms with Gasteiger partial charge in [-0.2, -0.15) is 13.2 Å². The van der Waals surface area contributed by atoms with Gasteiger partial charge in [-0.05, 0) is 6.07 Å². The smallest absolute Gasteiger partial charge is 0.475 e. The molecule has 2 heterocycles. The Bertz CT molecular complexity index is 731. The van der Waals surface area contributed by atoms with Crippen molar-refractivity contribution in [2.75, 3.05) is 40.0 Å². The quantitative estimate of drug-likeness (QED) is 0.660. The van der Waals surface area contributed by atoms with Crippen LogP contribution in [0.25, 0.3) is 0 Å². The maximum absolute atomic E-state index is 13.8. The Kier molecular flexibility index (Phi) is 8.56. The first kappa shape index (κ1) is 24.0. The van der Waals surface area contributed by atoms with E-state index < -0.39 is 12.1 Å². The molecule has 2 saturated heterocycles. The number of carbonyl (C=O) groups is 2. The summed E-state index contributed by atoms with van der Waals surface area (Å²) in [5.41, 5.74) is 0.720. The van der Waals surface area contributed by atoms with Crippen molar-refractivity contribution in [1.82, 2.24) is 10.2 Å². The number of carboxylic acids is 1. The molecule has 0 aromatic heterocycles. The summed E-state index contributed by atoms with van der Waals surface area (Å²) >= 11 is 0. The molecule has 2 aliphatic rings. The molecule has 0 bridgehead atoms. The molecule has 3 atom stereocenters. The van der Waals surface area contributed by atoms with Crippen molar-refractivity contribution in [3.8, 4) is 0 Å². The number of amides is 1. The molecule has 0 unspecified atom stereocenters. The van der Waals surface area contributed by atoms with Gasteiger partial charge in [0, 0.05) is 50.7 Å². The molecule has 30 heavy (non-hydrogen) atoms. The molecule has 168 valence electrons. The van der Waals surface area contributed by atoms with E-state index in [2.05, 4.69) is 10.2 Å². The Morgan fingerprint density at radius 1 is 1.30 bits per heavy atom. The number of hydrogen-bond acceptors (Lipinski definition) is 5. The number of nitrogens with zero attached hydrogens (tertiary/aromatic N) is 1. The van der Waals surface area contributed by atoms with Crippen molar-refractivity contribution >= 4 is 11.9 Å². The number of fused-ring (bicyclic) bond motifs is 1. The first-order chi connectivity index (χ1) is 14.1. The van der Waals surface area contributed by atoms with E-state index in [0.29, 0.717) is 31.5 Å². The molecule has 2 N–H and O–H groups in total. The monoisotopic (exact) mass is 436 g/mol. The van der Waals surface area contributed by atoms with Crippen molar-refractivity contribution in [3.05, 3.63) is 35.6 Å². The van der Waals surface area contributed by atoms with Crippen molar-refractivity contribution in [1.29, 1.82) is 0 Å². The van der Waals surface area contributed by atoms with Gasteiger partial charge in [-0.1, -0.05) is 18.2 Å². The minimum Gasteiger partial charge on any atom is -0.475 e. The highest BCUT2D eigenvalue weighted by molar-refractivity contribution is 5.77. The molecule has 0 radical (unpaired) electrons. The molecule has 1 aromatic carbocycles. The highest BCUT2D eigenvalue weighted by atomic mass is 19.4. The van der Waals surface area contributed by atoms with Crippen LogP contribution >= 0.6 is 0 Å². The van der Waals surface area contributed by atoms with Gasteiger partial charge < -0.3 is 19.9 Å². The van der Waals surface area contributed by atoms with Crippen LogP contribution in [-0.4, -0.2) is 74.1 Å². The van der Waals surface area contributed by atoms with Crippen LogP contribution in [-0.2, 0) is 25.6 Å². The highest BCUT2D eigenvalue weighted by Crippen LogP contribution is 2.34. The third-order valence-electron chi connectivity index (χ3n) is 4.95. The number of ether oxygens (including phenoxy) is 2. The number of halogens is 4. The van der Waals surface area contributed by atoms with Crippen LogP contribution in [0, 0.1) is 17.7 Å². The van der Waals surface area contributed by atoms with Gasteiger partial charge in [0.25, 0.3) is 0 Å². The van der Waals surface area contributed by atoms with E-state index in [1.807, 2.05) is 12.1 Å². The van der Waals surface area contributed by atoms with Crippen LogP contribution in [0.4, 0.5) is 17.6 Å². The minimum absolute atomic E-state index is 0.0844. The Balaban J connectivity index is 0.000000396. The van der Waals surface area contributed by atoms with Gasteiger partial charge in [-0.3, -0.25) is 9.69 Å². The highest BCUT2D eigenvalue weighted by Gasteiger charge is 2.43. The molecule has 1 amide bonds. The normalized spacial score (nSPS) is 23.4. The van der Waals surface area contributed by atoms with Crippen molar-refractivity contribution in [3.63, 3.8) is 0 Å². The van der Waals surface area contributed by atoms with Gasteiger partial charge in [-0.25, -0.2) is 9.18 Å². The van der Waals surface area contributed by atoms with Crippen molar-refractivity contribution in [2.24, 2.45) is 11.8 Å². The van der Waals surface area contributed by atoms with Gasteiger partial charge >= 0.3 is 12.1 Å². The maximum Gasteiger partial charge on any atom is 0.490 e. The van der Waals surface area contributed by atoms with Crippen LogP contribution in [0.1, 0.15) is 5.56 Å². The van der Waals surface area contributed by atoms with E-state index in [9.17, 15) is 22.4 Å². The molecule has 1 aromatic rings. The molecule has 2 aliphatic heterocycles. The Morgan fingerprint density at radius 2 is 1.97 bits per heavy atom. The van der Waals surface area contributed by atoms with E-state index in [1.165, 1.54) is 13.2 Å². The van der Waals surface area contributed by atoms with Gasteiger partial charge in [0.1, 0.15) is 12.4 Å². The molecule has 11 heteroatoms. The number of methoxy groups -OCH3 is 1. The molecule has 7 nitrogen and oxygen atoms in total. The number of rotatable bonds is 6. The topological polar surface area (TPSA) is 88.1 Å². The summed E-state index contributed by atoms with van der Waals surface area (Å²) in [5, 5.41) is 10.0. The summed E-state index contributed by atoms with van der Waals surface area (Å²) in [5.74, 6) is -2.31. The first-order valence-electron chi connectivity index (χ1n) is 9.25. The van der Waals surface area contributed by atoms with Crippen LogP contribution < -0.4 is 5.32 Å². The molecular formula is C19H24F4N2O5. The lowest BCUT2D eigenvalue weighted by Gasteiger charge is -2.20. The van der Waals surface area contributed by atoms with Gasteiger partial charge in [-0.15, -0.1) is 0 Å². The predicted molar refractivity (Wildman–Crippen MR) is 97.0 cm³/mol.